The highest BCUT2D eigenvalue weighted by Gasteiger charge is 2.58. The zero-order valence-electron chi connectivity index (χ0n) is 27.8. The van der Waals surface area contributed by atoms with Gasteiger partial charge in [0.15, 0.2) is 21.8 Å². The van der Waals surface area contributed by atoms with Gasteiger partial charge in [-0.1, -0.05) is 120 Å². The Kier molecular flexibility index (Phi) is 13.8. The smallest absolute Gasteiger partial charge is 0.162 e. The van der Waals surface area contributed by atoms with Crippen LogP contribution in [0.25, 0.3) is 0 Å². The zero-order chi connectivity index (χ0) is 35.6. The third-order valence-electron chi connectivity index (χ3n) is 6.90. The van der Waals surface area contributed by atoms with Crippen LogP contribution >= 0.6 is 0 Å². The van der Waals surface area contributed by atoms with Crippen molar-refractivity contribution in [3.8, 4) is 0 Å². The summed E-state index contributed by atoms with van der Waals surface area (Å²) in [7, 11) is -0.0146. The average Bonchev–Trinajstić information content (AvgIpc) is 3.02. The quantitative estimate of drug-likeness (QED) is 0.0946. The van der Waals surface area contributed by atoms with Crippen molar-refractivity contribution in [1.82, 2.24) is 0 Å². The lowest BCUT2D eigenvalue weighted by atomic mass is 9.87. The Hall–Kier alpha value is -3.24. The standard InChI is InChI=1S/C20H26I.C18H15S.C2F6/c1-19(2,3)15-7-11-17(12-8-15)21-18-13-9-16(10-14-18)20(4,5)6;1-4-10-16(11-5-1)19(17-12-6-2-7-13-17)18-14-8-3-9-15-18;3-1(4,5)2(6,7)8/h7-14H,1-6H3;1-15H;/q2*+1;. The largest absolute Gasteiger partial charge is 0.487 e. The van der Waals surface area contributed by atoms with Crippen molar-refractivity contribution in [3.63, 3.8) is 0 Å². The molecule has 0 radical (unpaired) electrons. The topological polar surface area (TPSA) is 0 Å². The van der Waals surface area contributed by atoms with Crippen LogP contribution in [0.4, 0.5) is 26.3 Å². The normalized spacial score (nSPS) is 12.0. The van der Waals surface area contributed by atoms with Crippen LogP contribution in [0.5, 0.6) is 0 Å². The molecule has 0 saturated carbocycles. The highest BCUT2D eigenvalue weighted by Crippen LogP contribution is 2.36. The number of hydrogen-bond donors (Lipinski definition) is 0. The van der Waals surface area contributed by atoms with E-state index in [4.69, 9.17) is 0 Å². The van der Waals surface area contributed by atoms with Gasteiger partial charge in [0.25, 0.3) is 0 Å². The van der Waals surface area contributed by atoms with Crippen molar-refractivity contribution in [1.29, 1.82) is 0 Å². The molecular weight excluding hydrogens is 753 g/mol. The molecule has 0 saturated heterocycles. The molecule has 5 rings (SSSR count). The van der Waals surface area contributed by atoms with E-state index in [1.54, 1.807) is 0 Å². The third kappa shape index (κ3) is 12.3. The van der Waals surface area contributed by atoms with Gasteiger partial charge in [0.2, 0.25) is 0 Å². The molecule has 0 amide bonds. The van der Waals surface area contributed by atoms with Crippen molar-refractivity contribution in [2.75, 3.05) is 0 Å². The molecule has 0 fully saturated rings. The second kappa shape index (κ2) is 16.9. The first-order chi connectivity index (χ1) is 22.4. The summed E-state index contributed by atoms with van der Waals surface area (Å²) < 4.78 is 65.6. The number of benzene rings is 5. The maximum Gasteiger partial charge on any atom is 0.487 e. The maximum absolute atomic E-state index is 10.4. The second-order valence-electron chi connectivity index (χ2n) is 12.8. The van der Waals surface area contributed by atoms with E-state index in [9.17, 15) is 26.3 Å². The molecule has 0 N–H and O–H groups in total. The minimum atomic E-state index is -6.06. The van der Waals surface area contributed by atoms with Crippen molar-refractivity contribution < 1.29 is 47.5 Å². The lowest BCUT2D eigenvalue weighted by Crippen LogP contribution is -3.61. The van der Waals surface area contributed by atoms with Crippen LogP contribution in [-0.2, 0) is 21.7 Å². The molecular formula is C40H41F6IS+2. The maximum atomic E-state index is 10.4. The van der Waals surface area contributed by atoms with E-state index in [2.05, 4.69) is 181 Å². The molecule has 8 heteroatoms. The van der Waals surface area contributed by atoms with Gasteiger partial charge in [-0.05, 0) is 82.6 Å². The first kappa shape index (κ1) is 39.2. The summed E-state index contributed by atoms with van der Waals surface area (Å²) >= 11 is -0.0703. The van der Waals surface area contributed by atoms with E-state index in [0.717, 1.165) is 0 Å². The van der Waals surface area contributed by atoms with Crippen LogP contribution in [0.15, 0.2) is 154 Å². The molecule has 0 unspecified atom stereocenters. The number of rotatable bonds is 5. The first-order valence-corrected chi connectivity index (χ1v) is 18.6. The van der Waals surface area contributed by atoms with Crippen molar-refractivity contribution in [2.45, 2.75) is 79.4 Å². The van der Waals surface area contributed by atoms with Crippen LogP contribution in [0.3, 0.4) is 0 Å². The molecule has 0 aromatic heterocycles. The Labute approximate surface area is 294 Å². The SMILES string of the molecule is CC(C)(C)c1ccc([I+]c2ccc(C(C)(C)C)cc2)cc1.FC(F)(F)C(F)(F)F.c1ccc([S+](c2ccccc2)c2ccccc2)cc1. The minimum Gasteiger partial charge on any atom is -0.162 e. The van der Waals surface area contributed by atoms with Gasteiger partial charge in [-0.2, -0.15) is 26.3 Å². The van der Waals surface area contributed by atoms with Gasteiger partial charge >= 0.3 is 33.6 Å². The van der Waals surface area contributed by atoms with Gasteiger partial charge in [0.1, 0.15) is 0 Å². The fourth-order valence-corrected chi connectivity index (χ4v) is 8.49. The molecule has 0 heterocycles. The minimum absolute atomic E-state index is 0.0146. The Bertz CT molecular complexity index is 1480. The zero-order valence-corrected chi connectivity index (χ0v) is 30.8. The average molecular weight is 795 g/mol. The van der Waals surface area contributed by atoms with Crippen molar-refractivity contribution in [2.24, 2.45) is 0 Å². The van der Waals surface area contributed by atoms with Crippen LogP contribution in [0.2, 0.25) is 0 Å². The molecule has 0 spiro atoms. The van der Waals surface area contributed by atoms with E-state index in [0.29, 0.717) is 0 Å². The summed E-state index contributed by atoms with van der Waals surface area (Å²) in [5, 5.41) is 0. The Morgan fingerprint density at radius 1 is 0.375 bits per heavy atom. The first-order valence-electron chi connectivity index (χ1n) is 15.2. The van der Waals surface area contributed by atoms with Crippen LogP contribution < -0.4 is 21.2 Å². The number of alkyl halides is 6. The molecule has 0 aliphatic carbocycles. The van der Waals surface area contributed by atoms with Gasteiger partial charge in [0, 0.05) is 0 Å². The van der Waals surface area contributed by atoms with Crippen molar-refractivity contribution in [3.05, 3.63) is 158 Å². The lowest BCUT2D eigenvalue weighted by molar-refractivity contribution is -0.597. The van der Waals surface area contributed by atoms with Crippen molar-refractivity contribution >= 4 is 10.9 Å². The highest BCUT2D eigenvalue weighted by atomic mass is 127. The van der Waals surface area contributed by atoms with Crippen LogP contribution in [0, 0.1) is 7.14 Å². The number of hydrogen-bond acceptors (Lipinski definition) is 0. The highest BCUT2D eigenvalue weighted by molar-refractivity contribution is 7.97. The van der Waals surface area contributed by atoms with Gasteiger partial charge in [-0.15, -0.1) is 0 Å². The lowest BCUT2D eigenvalue weighted by Gasteiger charge is -2.18. The molecule has 48 heavy (non-hydrogen) atoms. The fourth-order valence-electron chi connectivity index (χ4n) is 4.23. The van der Waals surface area contributed by atoms with Gasteiger partial charge in [-0.3, -0.25) is 0 Å². The molecule has 5 aromatic rings. The van der Waals surface area contributed by atoms with E-state index < -0.39 is 12.4 Å². The summed E-state index contributed by atoms with van der Waals surface area (Å²) in [6, 6.07) is 50.6. The molecule has 0 atom stereocenters. The summed E-state index contributed by atoms with van der Waals surface area (Å²) in [6.07, 6.45) is -12.1. The summed E-state index contributed by atoms with van der Waals surface area (Å²) in [6.45, 7) is 13.6. The molecule has 0 aliphatic heterocycles. The Morgan fingerprint density at radius 3 is 0.833 bits per heavy atom. The molecule has 5 aromatic carbocycles. The monoisotopic (exact) mass is 794 g/mol. The fraction of sp³-hybridized carbons (Fsp3) is 0.250. The molecule has 0 aliphatic rings. The van der Waals surface area contributed by atoms with E-state index in [-0.39, 0.29) is 42.9 Å². The van der Waals surface area contributed by atoms with E-state index in [1.807, 2.05) is 0 Å². The Morgan fingerprint density at radius 2 is 0.625 bits per heavy atom. The summed E-state index contributed by atoms with van der Waals surface area (Å²) in [5.74, 6) is 0. The molecule has 254 valence electrons. The molecule has 0 nitrogen and oxygen atoms in total. The predicted molar refractivity (Wildman–Crippen MR) is 181 cm³/mol. The number of halogens is 7. The van der Waals surface area contributed by atoms with Gasteiger partial charge in [0.05, 0.1) is 10.9 Å². The second-order valence-corrected chi connectivity index (χ2v) is 17.9. The summed E-state index contributed by atoms with van der Waals surface area (Å²) in [5.41, 5.74) is 3.31. The van der Waals surface area contributed by atoms with Crippen LogP contribution in [0.1, 0.15) is 52.7 Å². The van der Waals surface area contributed by atoms with E-state index in [1.165, 1.54) is 33.0 Å². The van der Waals surface area contributed by atoms with Gasteiger partial charge < -0.3 is 0 Å². The van der Waals surface area contributed by atoms with E-state index >= 15 is 0 Å². The summed E-state index contributed by atoms with van der Waals surface area (Å²) in [4.78, 5) is 4.08. The van der Waals surface area contributed by atoms with Crippen LogP contribution in [-0.4, -0.2) is 12.4 Å². The third-order valence-corrected chi connectivity index (χ3v) is 11.8. The molecule has 0 bridgehead atoms. The van der Waals surface area contributed by atoms with Gasteiger partial charge in [-0.25, -0.2) is 0 Å². The predicted octanol–water partition coefficient (Wildman–Crippen LogP) is 9.30. The Balaban J connectivity index is 0.000000214.